The molecule has 0 aliphatic carbocycles. The van der Waals surface area contributed by atoms with Gasteiger partial charge in [-0.3, -0.25) is 19.2 Å². The molecule has 0 saturated carbocycles. The van der Waals surface area contributed by atoms with Gasteiger partial charge in [-0.05, 0) is 34.8 Å². The summed E-state index contributed by atoms with van der Waals surface area (Å²) in [6, 6.07) is 13.6. The van der Waals surface area contributed by atoms with Crippen molar-refractivity contribution < 1.29 is 14.5 Å². The van der Waals surface area contributed by atoms with E-state index in [0.717, 1.165) is 11.3 Å². The minimum Gasteiger partial charge on any atom is -0.444 e. The van der Waals surface area contributed by atoms with Crippen LogP contribution in [-0.4, -0.2) is 56.5 Å². The van der Waals surface area contributed by atoms with E-state index in [0.29, 0.717) is 51.3 Å². The number of carbonyl (C=O) groups is 1. The van der Waals surface area contributed by atoms with Crippen LogP contribution in [0.5, 0.6) is 6.01 Å². The predicted molar refractivity (Wildman–Crippen MR) is 116 cm³/mol. The number of hydrogen-bond acceptors (Lipinski definition) is 7. The first-order valence-electron chi connectivity index (χ1n) is 10.4. The third-order valence-corrected chi connectivity index (χ3v) is 5.23. The zero-order chi connectivity index (χ0) is 22.3. The average molecular weight is 436 g/mol. The van der Waals surface area contributed by atoms with E-state index in [4.69, 9.17) is 4.74 Å². The molecule has 4 rings (SSSR count). The van der Waals surface area contributed by atoms with E-state index in [-0.39, 0.29) is 17.7 Å². The molecule has 0 fully saturated rings. The zero-order valence-corrected chi connectivity index (χ0v) is 17.5. The second-order valence-electron chi connectivity index (χ2n) is 7.48. The minimum absolute atomic E-state index is 0.110. The lowest BCUT2D eigenvalue weighted by Crippen LogP contribution is -2.33. The molecule has 1 aromatic carbocycles. The maximum atomic E-state index is 12.4. The van der Waals surface area contributed by atoms with Crippen LogP contribution in [0.15, 0.2) is 54.9 Å². The maximum Gasteiger partial charge on any atom is 0.414 e. The average Bonchev–Trinajstić information content (AvgIpc) is 3.19. The highest BCUT2D eigenvalue weighted by Gasteiger charge is 2.22. The number of nitrogens with zero attached hydrogens (tertiary/aromatic N) is 5. The molecular weight excluding hydrogens is 412 g/mol. The molecule has 0 unspecified atom stereocenters. The van der Waals surface area contributed by atoms with Gasteiger partial charge in [-0.1, -0.05) is 18.2 Å². The Morgan fingerprint density at radius 2 is 2.00 bits per heavy atom. The van der Waals surface area contributed by atoms with Crippen LogP contribution < -0.4 is 10.1 Å². The smallest absolute Gasteiger partial charge is 0.414 e. The summed E-state index contributed by atoms with van der Waals surface area (Å²) >= 11 is 0. The van der Waals surface area contributed by atoms with Gasteiger partial charge in [0, 0.05) is 61.6 Å². The topological polar surface area (TPSA) is 115 Å². The van der Waals surface area contributed by atoms with E-state index < -0.39 is 4.92 Å². The van der Waals surface area contributed by atoms with Gasteiger partial charge < -0.3 is 20.2 Å². The first kappa shape index (κ1) is 21.4. The van der Waals surface area contributed by atoms with Crippen molar-refractivity contribution in [3.05, 3.63) is 81.8 Å². The fourth-order valence-corrected chi connectivity index (χ4v) is 3.51. The molecule has 10 heteroatoms. The second kappa shape index (κ2) is 10.0. The van der Waals surface area contributed by atoms with Crippen molar-refractivity contribution >= 4 is 11.7 Å². The van der Waals surface area contributed by atoms with Gasteiger partial charge in [-0.2, -0.15) is 0 Å². The van der Waals surface area contributed by atoms with E-state index in [1.807, 2.05) is 42.5 Å². The van der Waals surface area contributed by atoms with Crippen LogP contribution in [0.1, 0.15) is 21.6 Å². The Labute approximate surface area is 185 Å². The third-order valence-electron chi connectivity index (χ3n) is 5.23. The molecule has 0 saturated heterocycles. The highest BCUT2D eigenvalue weighted by atomic mass is 16.6. The lowest BCUT2D eigenvalue weighted by atomic mass is 10.1. The first-order valence-corrected chi connectivity index (χ1v) is 10.4. The molecule has 2 aromatic heterocycles. The van der Waals surface area contributed by atoms with E-state index in [1.165, 1.54) is 6.20 Å². The van der Waals surface area contributed by atoms with Crippen molar-refractivity contribution in [2.45, 2.75) is 19.5 Å². The summed E-state index contributed by atoms with van der Waals surface area (Å²) in [5, 5.41) is 13.8. The molecule has 3 aromatic rings. The Morgan fingerprint density at radius 3 is 2.75 bits per heavy atom. The van der Waals surface area contributed by atoms with Crippen molar-refractivity contribution in [1.29, 1.82) is 0 Å². The largest absolute Gasteiger partial charge is 0.444 e. The van der Waals surface area contributed by atoms with Gasteiger partial charge in [-0.25, -0.2) is 0 Å². The number of hydrogen-bond donors (Lipinski definition) is 1. The summed E-state index contributed by atoms with van der Waals surface area (Å²) in [6.07, 6.45) is 3.83. The number of amides is 1. The van der Waals surface area contributed by atoms with Crippen molar-refractivity contribution in [3.8, 4) is 6.01 Å². The van der Waals surface area contributed by atoms with Crippen LogP contribution in [0, 0.1) is 10.1 Å². The summed E-state index contributed by atoms with van der Waals surface area (Å²) in [4.78, 5) is 33.1. The number of imidazole rings is 1. The van der Waals surface area contributed by atoms with Gasteiger partial charge in [0.25, 0.3) is 5.91 Å². The molecular formula is C22H24N6O4. The van der Waals surface area contributed by atoms with Crippen LogP contribution in [-0.2, 0) is 19.5 Å². The molecule has 0 radical (unpaired) electrons. The predicted octanol–water partition coefficient (Wildman–Crippen LogP) is 2.05. The zero-order valence-electron chi connectivity index (χ0n) is 17.5. The van der Waals surface area contributed by atoms with Crippen LogP contribution in [0.25, 0.3) is 0 Å². The van der Waals surface area contributed by atoms with Gasteiger partial charge in [0.2, 0.25) is 0 Å². The molecule has 1 N–H and O–H groups in total. The van der Waals surface area contributed by atoms with Crippen molar-refractivity contribution in [2.24, 2.45) is 0 Å². The Morgan fingerprint density at radius 1 is 1.16 bits per heavy atom. The van der Waals surface area contributed by atoms with Gasteiger partial charge >= 0.3 is 11.8 Å². The standard InChI is InChI=1S/C22H24N6O4/c29-21(24-10-8-19-3-1-2-9-23-19)18-6-4-17(5-7-18)15-26-11-12-27-16-20(28(30)31)25-22(27)32-14-13-26/h1-7,9,16H,8,10-15H2,(H,24,29). The maximum absolute atomic E-state index is 12.4. The molecule has 0 spiro atoms. The van der Waals surface area contributed by atoms with Gasteiger partial charge in [-0.15, -0.1) is 0 Å². The van der Waals surface area contributed by atoms with Crippen molar-refractivity contribution in [2.75, 3.05) is 26.2 Å². The fraction of sp³-hybridized carbons (Fsp3) is 0.318. The molecule has 3 heterocycles. The number of carbonyl (C=O) groups excluding carboxylic acids is 1. The van der Waals surface area contributed by atoms with Crippen molar-refractivity contribution in [3.63, 3.8) is 0 Å². The first-order chi connectivity index (χ1) is 15.6. The molecule has 166 valence electrons. The van der Waals surface area contributed by atoms with E-state index >= 15 is 0 Å². The number of benzene rings is 1. The molecule has 1 amide bonds. The summed E-state index contributed by atoms with van der Waals surface area (Å²) in [6.45, 7) is 3.55. The van der Waals surface area contributed by atoms with Gasteiger partial charge in [0.1, 0.15) is 12.8 Å². The number of pyridine rings is 1. The van der Waals surface area contributed by atoms with E-state index in [1.54, 1.807) is 10.8 Å². The van der Waals surface area contributed by atoms with Gasteiger partial charge in [0.05, 0.1) is 0 Å². The SMILES string of the molecule is O=C(NCCc1ccccn1)c1ccc(CN2CCOc3nc([N+](=O)[O-])cn3CC2)cc1. The van der Waals surface area contributed by atoms with Crippen molar-refractivity contribution in [1.82, 2.24) is 24.8 Å². The number of rotatable bonds is 7. The number of aromatic nitrogens is 3. The molecule has 0 bridgehead atoms. The number of ether oxygens (including phenoxy) is 1. The van der Waals surface area contributed by atoms with Crippen LogP contribution in [0.4, 0.5) is 5.82 Å². The Bertz CT molecular complexity index is 1070. The Balaban J connectivity index is 1.28. The normalized spacial score (nSPS) is 14.0. The molecule has 0 atom stereocenters. The quantitative estimate of drug-likeness (QED) is 0.445. The Hall–Kier alpha value is -3.79. The summed E-state index contributed by atoms with van der Waals surface area (Å²) < 4.78 is 7.26. The monoisotopic (exact) mass is 436 g/mol. The molecule has 10 nitrogen and oxygen atoms in total. The second-order valence-corrected chi connectivity index (χ2v) is 7.48. The van der Waals surface area contributed by atoms with Gasteiger partial charge in [0.15, 0.2) is 0 Å². The lowest BCUT2D eigenvalue weighted by Gasteiger charge is -2.24. The highest BCUT2D eigenvalue weighted by molar-refractivity contribution is 5.94. The fourth-order valence-electron chi connectivity index (χ4n) is 3.51. The van der Waals surface area contributed by atoms with Crippen LogP contribution in [0.3, 0.4) is 0 Å². The summed E-state index contributed by atoms with van der Waals surface area (Å²) in [7, 11) is 0. The Kier molecular flexibility index (Phi) is 6.71. The molecule has 1 aliphatic heterocycles. The highest BCUT2D eigenvalue weighted by Crippen LogP contribution is 2.19. The summed E-state index contributed by atoms with van der Waals surface area (Å²) in [5.74, 6) is -0.316. The minimum atomic E-state index is -0.519. The van der Waals surface area contributed by atoms with Crippen LogP contribution >= 0.6 is 0 Å². The summed E-state index contributed by atoms with van der Waals surface area (Å²) in [5.41, 5.74) is 2.63. The number of nitrogens with one attached hydrogen (secondary N) is 1. The lowest BCUT2D eigenvalue weighted by molar-refractivity contribution is -0.389. The number of fused-ring (bicyclic) bond motifs is 1. The third kappa shape index (κ3) is 5.46. The van der Waals surface area contributed by atoms with Crippen LogP contribution in [0.2, 0.25) is 0 Å². The molecule has 32 heavy (non-hydrogen) atoms. The van der Waals surface area contributed by atoms with E-state index in [9.17, 15) is 14.9 Å². The van der Waals surface area contributed by atoms with E-state index in [2.05, 4.69) is 20.2 Å². The number of nitro groups is 1. The molecule has 1 aliphatic rings.